The van der Waals surface area contributed by atoms with Crippen molar-refractivity contribution in [3.63, 3.8) is 0 Å². The maximum atomic E-state index is 8.77. The fraction of sp³-hybridized carbons (Fsp3) is 0. The minimum Gasteiger partial charge on any atom is -1.00 e. The van der Waals surface area contributed by atoms with Crippen LogP contribution >= 0.6 is 7.82 Å². The van der Waals surface area contributed by atoms with Gasteiger partial charge in [-0.1, -0.05) is 0 Å². The van der Waals surface area contributed by atoms with Crippen molar-refractivity contribution in [2.45, 2.75) is 0 Å². The molecule has 0 saturated heterocycles. The smallest absolute Gasteiger partial charge is 1.00 e. The molecule has 2 N–H and O–H groups in total. The average molecular weight is 417 g/mol. The molecule has 0 radical (unpaired) electrons. The summed E-state index contributed by atoms with van der Waals surface area (Å²) in [6.07, 6.45) is 0. The van der Waals surface area contributed by atoms with Crippen LogP contribution in [0.15, 0.2) is 0 Å². The molecule has 0 aromatic rings. The summed E-state index contributed by atoms with van der Waals surface area (Å²) >= 11 is 0. The summed E-state index contributed by atoms with van der Waals surface area (Å²) in [4.78, 5) is 22.9. The number of phosphoric acid groups is 1. The van der Waals surface area contributed by atoms with E-state index in [1.54, 1.807) is 0 Å². The van der Waals surface area contributed by atoms with Gasteiger partial charge in [0, 0.05) is 0 Å². The molecule has 0 aromatic carbocycles. The Balaban J connectivity index is -0.00000000222. The van der Waals surface area contributed by atoms with Crippen molar-refractivity contribution < 1.29 is 184 Å². The van der Waals surface area contributed by atoms with Gasteiger partial charge < -0.3 is 76.7 Å². The van der Waals surface area contributed by atoms with Gasteiger partial charge in [0.15, 0.2) is 0 Å². The van der Waals surface area contributed by atoms with Crippen molar-refractivity contribution in [2.24, 2.45) is 0 Å². The van der Waals surface area contributed by atoms with E-state index in [0.29, 0.717) is 0 Å². The molecule has 0 atom stereocenters. The Labute approximate surface area is 245 Å². The van der Waals surface area contributed by atoms with Gasteiger partial charge in [0.25, 0.3) is 7.82 Å². The van der Waals surface area contributed by atoms with Crippen molar-refractivity contribution in [3.8, 4) is 0 Å². The topological polar surface area (TPSA) is 80.6 Å². The number of hydrogen-bond acceptors (Lipinski definition) is 2. The van der Waals surface area contributed by atoms with Crippen molar-refractivity contribution in [2.75, 3.05) is 0 Å². The monoisotopic (exact) mass is 414 g/mol. The molecule has 0 heterocycles. The van der Waals surface area contributed by atoms with Crippen LogP contribution in [0.2, 0.25) is 0 Å². The minimum absolute atomic E-state index is 0. The standard InChI is InChI=1S/Ca.5ClH.2K.Mg.H3O4P/c;;;;;;;;;1-5(2,3)4/h;5*1H;;;;(H3,1,2,3,4)/q+2;;;;;;2*+1;+2;/p-6. The van der Waals surface area contributed by atoms with Gasteiger partial charge >= 0.3 is 164 Å². The van der Waals surface area contributed by atoms with E-state index in [4.69, 9.17) is 19.2 Å². The normalized spacial score (nSPS) is 4.21. The first kappa shape index (κ1) is 69.8. The third kappa shape index (κ3) is 128. The average Bonchev–Trinajstić information content (AvgIpc) is 0.722. The van der Waals surface area contributed by atoms with Gasteiger partial charge in [-0.2, -0.15) is 0 Å². The predicted octanol–water partition coefficient (Wildman–Crippen LogP) is -23.3. The van der Waals surface area contributed by atoms with Crippen molar-refractivity contribution in [3.05, 3.63) is 0 Å². The second-order valence-electron chi connectivity index (χ2n) is 0.491. The van der Waals surface area contributed by atoms with Crippen LogP contribution in [-0.4, -0.2) is 70.6 Å². The third-order valence-electron chi connectivity index (χ3n) is 0. The molecule has 0 aliphatic carbocycles. The molecule has 0 aromatic heterocycles. The van der Waals surface area contributed by atoms with E-state index in [2.05, 4.69) is 0 Å². The molecule has 0 rings (SSSR count). The zero-order valence-electron chi connectivity index (χ0n) is 7.46. The third-order valence-corrected chi connectivity index (χ3v) is 0. The summed E-state index contributed by atoms with van der Waals surface area (Å²) < 4.78 is 8.77. The quantitative estimate of drug-likeness (QED) is 0.304. The molecular formula is H2CaCl5K2MgO4P. The summed E-state index contributed by atoms with van der Waals surface area (Å²) in [5.74, 6) is 0. The summed E-state index contributed by atoms with van der Waals surface area (Å²) in [5.41, 5.74) is 0. The Bertz CT molecular complexity index is 77.9. The number of halogens is 5. The van der Waals surface area contributed by atoms with Gasteiger partial charge in [-0.3, -0.25) is 4.57 Å². The molecule has 0 spiro atoms. The van der Waals surface area contributed by atoms with Crippen LogP contribution in [0.3, 0.4) is 0 Å². The molecule has 0 bridgehead atoms. The molecule has 0 amide bonds. The molecule has 0 saturated carbocycles. The zero-order valence-corrected chi connectivity index (χ0v) is 22.0. The summed E-state index contributed by atoms with van der Waals surface area (Å²) in [5, 5.41) is 0. The Hall–Kier alpha value is 6.86. The molecule has 4 nitrogen and oxygen atoms in total. The van der Waals surface area contributed by atoms with E-state index < -0.39 is 7.82 Å². The fourth-order valence-electron chi connectivity index (χ4n) is 0. The van der Waals surface area contributed by atoms with Crippen LogP contribution < -0.4 is 170 Å². The van der Waals surface area contributed by atoms with Crippen LogP contribution in [0.4, 0.5) is 0 Å². The molecule has 0 aliphatic rings. The summed E-state index contributed by atoms with van der Waals surface area (Å²) in [7, 11) is -4.89. The second-order valence-corrected chi connectivity index (χ2v) is 1.47. The largest absolute Gasteiger partial charge is 2.00 e. The van der Waals surface area contributed by atoms with Crippen LogP contribution in [-0.2, 0) is 4.57 Å². The van der Waals surface area contributed by atoms with Crippen molar-refractivity contribution in [1.82, 2.24) is 0 Å². The van der Waals surface area contributed by atoms with E-state index in [1.807, 2.05) is 0 Å². The van der Waals surface area contributed by atoms with Crippen molar-refractivity contribution in [1.29, 1.82) is 0 Å². The maximum absolute atomic E-state index is 8.77. The van der Waals surface area contributed by atoms with Gasteiger partial charge in [-0.25, -0.2) is 0 Å². The van der Waals surface area contributed by atoms with Crippen LogP contribution in [0, 0.1) is 0 Å². The molecule has 0 unspecified atom stereocenters. The SMILES string of the molecule is O=P([O-])(O)O.[Ca+2].[Cl-].[Cl-].[Cl-].[Cl-].[Cl-].[K+].[K+].[Mg+2]. The van der Waals surface area contributed by atoms with E-state index in [-0.39, 0.29) is 226 Å². The van der Waals surface area contributed by atoms with Gasteiger partial charge in [-0.15, -0.1) is 0 Å². The van der Waals surface area contributed by atoms with Gasteiger partial charge in [0.2, 0.25) is 0 Å². The van der Waals surface area contributed by atoms with Gasteiger partial charge in [0.1, 0.15) is 0 Å². The first-order valence-corrected chi connectivity index (χ1v) is 2.30. The van der Waals surface area contributed by atoms with Crippen molar-refractivity contribution >= 4 is 68.6 Å². The predicted molar refractivity (Wildman–Crippen MR) is 23.6 cm³/mol. The van der Waals surface area contributed by atoms with Crippen LogP contribution in [0.5, 0.6) is 0 Å². The number of rotatable bonds is 0. The van der Waals surface area contributed by atoms with Crippen LogP contribution in [0.25, 0.3) is 0 Å². The molecule has 0 fully saturated rings. The molecule has 14 heavy (non-hydrogen) atoms. The summed E-state index contributed by atoms with van der Waals surface area (Å²) in [6, 6.07) is 0. The van der Waals surface area contributed by atoms with E-state index in [0.717, 1.165) is 0 Å². The molecular weight excluding hydrogens is 415 g/mol. The molecule has 0 aliphatic heterocycles. The van der Waals surface area contributed by atoms with E-state index in [9.17, 15) is 0 Å². The van der Waals surface area contributed by atoms with E-state index in [1.165, 1.54) is 0 Å². The van der Waals surface area contributed by atoms with Gasteiger partial charge in [-0.05, 0) is 0 Å². The Morgan fingerprint density at radius 2 is 0.857 bits per heavy atom. The fourth-order valence-corrected chi connectivity index (χ4v) is 0. The number of hydrogen-bond donors (Lipinski definition) is 2. The summed E-state index contributed by atoms with van der Waals surface area (Å²) in [6.45, 7) is 0. The zero-order chi connectivity index (χ0) is 4.50. The molecule has 14 heteroatoms. The molecule has 72 valence electrons. The van der Waals surface area contributed by atoms with Gasteiger partial charge in [0.05, 0.1) is 0 Å². The first-order chi connectivity index (χ1) is 2.00. The maximum Gasteiger partial charge on any atom is 2.00 e. The minimum atomic E-state index is -4.89. The Morgan fingerprint density at radius 1 is 0.857 bits per heavy atom. The second kappa shape index (κ2) is 42.7. The first-order valence-electron chi connectivity index (χ1n) is 0.765. The Kier molecular flexibility index (Phi) is 213. The van der Waals surface area contributed by atoms with E-state index >= 15 is 0 Å². The van der Waals surface area contributed by atoms with Crippen LogP contribution in [0.1, 0.15) is 0 Å². The Morgan fingerprint density at radius 3 is 0.857 bits per heavy atom.